The number of aromatic nitrogens is 2. The fourth-order valence-electron chi connectivity index (χ4n) is 3.99. The van der Waals surface area contributed by atoms with Crippen molar-refractivity contribution in [2.75, 3.05) is 36.5 Å². The van der Waals surface area contributed by atoms with E-state index in [9.17, 15) is 5.11 Å². The van der Waals surface area contributed by atoms with Gasteiger partial charge in [-0.05, 0) is 38.1 Å². The van der Waals surface area contributed by atoms with E-state index in [1.807, 2.05) is 35.4 Å². The highest BCUT2D eigenvalue weighted by Crippen LogP contribution is 2.33. The molecule has 0 radical (unpaired) electrons. The molecule has 7 nitrogen and oxygen atoms in total. The number of benzene rings is 1. The molecule has 0 amide bonds. The number of fused-ring (bicyclic) bond motifs is 1. The third-order valence-corrected chi connectivity index (χ3v) is 5.81. The number of ether oxygens (including phenoxy) is 1. The molecule has 1 aliphatic rings. The molecule has 0 spiro atoms. The highest BCUT2D eigenvalue weighted by atomic mass is 16.5. The van der Waals surface area contributed by atoms with Gasteiger partial charge in [0.2, 0.25) is 5.95 Å². The average Bonchev–Trinajstić information content (AvgIpc) is 3.08. The van der Waals surface area contributed by atoms with E-state index in [1.54, 1.807) is 0 Å². The van der Waals surface area contributed by atoms with E-state index in [0.29, 0.717) is 19.0 Å². The van der Waals surface area contributed by atoms with Gasteiger partial charge in [-0.1, -0.05) is 33.8 Å². The van der Waals surface area contributed by atoms with E-state index in [2.05, 4.69) is 42.9 Å². The SMILES string of the molecule is CCC(CC)N1c2nc(Nc3cccc(OCCN(CC)CC)c3)ncc2CC1O. The number of nitrogens with zero attached hydrogens (tertiary/aromatic N) is 4. The van der Waals surface area contributed by atoms with E-state index >= 15 is 0 Å². The summed E-state index contributed by atoms with van der Waals surface area (Å²) >= 11 is 0. The van der Waals surface area contributed by atoms with E-state index in [0.717, 1.165) is 55.3 Å². The van der Waals surface area contributed by atoms with Crippen LogP contribution in [0.3, 0.4) is 0 Å². The lowest BCUT2D eigenvalue weighted by Crippen LogP contribution is -2.40. The first-order valence-corrected chi connectivity index (χ1v) is 11.1. The van der Waals surface area contributed by atoms with Gasteiger partial charge in [0, 0.05) is 42.5 Å². The molecule has 1 aromatic heterocycles. The lowest BCUT2D eigenvalue weighted by molar-refractivity contribution is 0.166. The number of aliphatic hydroxyl groups is 1. The van der Waals surface area contributed by atoms with E-state index in [4.69, 9.17) is 9.72 Å². The maximum atomic E-state index is 10.5. The molecule has 1 aliphatic heterocycles. The molecule has 2 heterocycles. The number of anilines is 3. The topological polar surface area (TPSA) is 73.8 Å². The molecular formula is C23H35N5O2. The van der Waals surface area contributed by atoms with Crippen molar-refractivity contribution in [3.63, 3.8) is 0 Å². The first-order valence-electron chi connectivity index (χ1n) is 11.1. The molecule has 0 saturated heterocycles. The molecule has 3 rings (SSSR count). The predicted octanol–water partition coefficient (Wildman–Crippen LogP) is 3.81. The van der Waals surface area contributed by atoms with Gasteiger partial charge in [-0.3, -0.25) is 0 Å². The van der Waals surface area contributed by atoms with Gasteiger partial charge in [0.15, 0.2) is 0 Å². The molecule has 0 aliphatic carbocycles. The first kappa shape index (κ1) is 22.3. The Morgan fingerprint density at radius 2 is 2.00 bits per heavy atom. The molecule has 1 aromatic carbocycles. The molecule has 0 fully saturated rings. The zero-order chi connectivity index (χ0) is 21.5. The van der Waals surface area contributed by atoms with Gasteiger partial charge in [0.05, 0.1) is 0 Å². The van der Waals surface area contributed by atoms with Gasteiger partial charge in [-0.25, -0.2) is 4.98 Å². The predicted molar refractivity (Wildman–Crippen MR) is 122 cm³/mol. The van der Waals surface area contributed by atoms with Crippen LogP contribution in [0.4, 0.5) is 17.5 Å². The quantitative estimate of drug-likeness (QED) is 0.580. The van der Waals surface area contributed by atoms with Crippen molar-refractivity contribution >= 4 is 17.5 Å². The number of nitrogens with one attached hydrogen (secondary N) is 1. The van der Waals surface area contributed by atoms with Crippen molar-refractivity contribution in [1.82, 2.24) is 14.9 Å². The Kier molecular flexibility index (Phi) is 7.87. The van der Waals surface area contributed by atoms with E-state index < -0.39 is 6.23 Å². The molecular weight excluding hydrogens is 378 g/mol. The van der Waals surface area contributed by atoms with Crippen LogP contribution >= 0.6 is 0 Å². The summed E-state index contributed by atoms with van der Waals surface area (Å²) in [6.45, 7) is 12.2. The fourth-order valence-corrected chi connectivity index (χ4v) is 3.99. The van der Waals surface area contributed by atoms with Crippen molar-refractivity contribution in [2.24, 2.45) is 0 Å². The minimum absolute atomic E-state index is 0.270. The molecule has 2 aromatic rings. The normalized spacial score (nSPS) is 15.7. The Hall–Kier alpha value is -2.38. The maximum absolute atomic E-state index is 10.5. The maximum Gasteiger partial charge on any atom is 0.229 e. The van der Waals surface area contributed by atoms with Crippen LogP contribution in [0, 0.1) is 0 Å². The summed E-state index contributed by atoms with van der Waals surface area (Å²) in [4.78, 5) is 13.6. The number of aliphatic hydroxyl groups excluding tert-OH is 1. The highest BCUT2D eigenvalue weighted by Gasteiger charge is 2.33. The summed E-state index contributed by atoms with van der Waals surface area (Å²) in [5.41, 5.74) is 1.87. The van der Waals surface area contributed by atoms with Gasteiger partial charge in [-0.2, -0.15) is 4.98 Å². The van der Waals surface area contributed by atoms with Crippen molar-refractivity contribution in [1.29, 1.82) is 0 Å². The summed E-state index contributed by atoms with van der Waals surface area (Å²) in [6.07, 6.45) is 3.79. The zero-order valence-corrected chi connectivity index (χ0v) is 18.6. The van der Waals surface area contributed by atoms with Crippen LogP contribution in [0.2, 0.25) is 0 Å². The lowest BCUT2D eigenvalue weighted by Gasteiger charge is -2.31. The van der Waals surface area contributed by atoms with Gasteiger partial charge in [0.1, 0.15) is 24.4 Å². The second-order valence-electron chi connectivity index (χ2n) is 7.63. The monoisotopic (exact) mass is 413 g/mol. The van der Waals surface area contributed by atoms with Crippen molar-refractivity contribution in [3.05, 3.63) is 36.0 Å². The average molecular weight is 414 g/mol. The molecule has 1 unspecified atom stereocenters. The standard InChI is InChI=1S/C23H35N5O2/c1-5-19(6-2)28-21(29)14-17-16-24-23(26-22(17)28)25-18-10-9-11-20(15-18)30-13-12-27(7-3)8-4/h9-11,15-16,19,21,29H,5-8,12-14H2,1-4H3,(H,24,25,26). The lowest BCUT2D eigenvalue weighted by atomic mass is 10.1. The van der Waals surface area contributed by atoms with Crippen LogP contribution < -0.4 is 15.0 Å². The summed E-state index contributed by atoms with van der Waals surface area (Å²) in [5, 5.41) is 13.8. The Labute approximate surface area is 180 Å². The van der Waals surface area contributed by atoms with Gasteiger partial charge in [-0.15, -0.1) is 0 Å². The Balaban J connectivity index is 1.69. The Morgan fingerprint density at radius 3 is 2.70 bits per heavy atom. The number of likely N-dealkylation sites (N-methyl/N-ethyl adjacent to an activating group) is 1. The number of rotatable bonds is 11. The van der Waals surface area contributed by atoms with Crippen molar-refractivity contribution < 1.29 is 9.84 Å². The van der Waals surface area contributed by atoms with Gasteiger partial charge in [0.25, 0.3) is 0 Å². The highest BCUT2D eigenvalue weighted by molar-refractivity contribution is 5.60. The van der Waals surface area contributed by atoms with Crippen LogP contribution in [-0.2, 0) is 6.42 Å². The minimum Gasteiger partial charge on any atom is -0.492 e. The number of hydrogen-bond donors (Lipinski definition) is 2. The third kappa shape index (κ3) is 5.21. The molecule has 2 N–H and O–H groups in total. The van der Waals surface area contributed by atoms with Crippen LogP contribution in [0.1, 0.15) is 46.1 Å². The van der Waals surface area contributed by atoms with Crippen LogP contribution in [-0.4, -0.2) is 58.5 Å². The Morgan fingerprint density at radius 1 is 1.23 bits per heavy atom. The summed E-state index contributed by atoms with van der Waals surface area (Å²) < 4.78 is 5.92. The fraction of sp³-hybridized carbons (Fsp3) is 0.565. The summed E-state index contributed by atoms with van der Waals surface area (Å²) in [7, 11) is 0. The van der Waals surface area contributed by atoms with Gasteiger partial charge >= 0.3 is 0 Å². The van der Waals surface area contributed by atoms with Crippen molar-refractivity contribution in [3.8, 4) is 5.75 Å². The third-order valence-electron chi connectivity index (χ3n) is 5.81. The molecule has 0 bridgehead atoms. The Bertz CT molecular complexity index is 808. The van der Waals surface area contributed by atoms with Crippen molar-refractivity contribution in [2.45, 2.75) is 59.2 Å². The first-order chi connectivity index (χ1) is 14.6. The summed E-state index contributed by atoms with van der Waals surface area (Å²) in [6, 6.07) is 8.13. The van der Waals surface area contributed by atoms with Crippen LogP contribution in [0.5, 0.6) is 5.75 Å². The minimum atomic E-state index is -0.531. The zero-order valence-electron chi connectivity index (χ0n) is 18.6. The van der Waals surface area contributed by atoms with E-state index in [-0.39, 0.29) is 6.04 Å². The van der Waals surface area contributed by atoms with Crippen LogP contribution in [0.15, 0.2) is 30.5 Å². The number of hydrogen-bond acceptors (Lipinski definition) is 7. The smallest absolute Gasteiger partial charge is 0.229 e. The molecule has 7 heteroatoms. The second-order valence-corrected chi connectivity index (χ2v) is 7.63. The van der Waals surface area contributed by atoms with Gasteiger partial charge < -0.3 is 25.0 Å². The molecule has 1 atom stereocenters. The molecule has 164 valence electrons. The summed E-state index contributed by atoms with van der Waals surface area (Å²) in [5.74, 6) is 2.18. The largest absolute Gasteiger partial charge is 0.492 e. The molecule has 30 heavy (non-hydrogen) atoms. The second kappa shape index (κ2) is 10.6. The van der Waals surface area contributed by atoms with Crippen LogP contribution in [0.25, 0.3) is 0 Å². The molecule has 0 saturated carbocycles. The van der Waals surface area contributed by atoms with E-state index in [1.165, 1.54) is 0 Å².